The van der Waals surface area contributed by atoms with Crippen molar-refractivity contribution in [2.24, 2.45) is 43.3 Å². The quantitative estimate of drug-likeness (QED) is 0.212. The van der Waals surface area contributed by atoms with Crippen LogP contribution in [0, 0.1) is 43.3 Å². The summed E-state index contributed by atoms with van der Waals surface area (Å²) < 4.78 is 0. The molecule has 0 N–H and O–H groups in total. The second-order valence-corrected chi connectivity index (χ2v) is 29.1. The zero-order chi connectivity index (χ0) is 51.8. The lowest BCUT2D eigenvalue weighted by Crippen LogP contribution is -2.35. The van der Waals surface area contributed by atoms with Gasteiger partial charge in [0.2, 0.25) is 0 Å². The molecule has 6 unspecified atom stereocenters. The molecule has 0 heterocycles. The monoisotopic (exact) mass is 945 g/mol. The van der Waals surface area contributed by atoms with Gasteiger partial charge in [0.15, 0.2) is 0 Å². The third-order valence-electron chi connectivity index (χ3n) is 23.5. The molecule has 0 radical (unpaired) electrons. The smallest absolute Gasteiger partial charge is 0.00999 e. The third-order valence-corrected chi connectivity index (χ3v) is 23.5. The zero-order valence-electron chi connectivity index (χ0n) is 50.7. The van der Waals surface area contributed by atoms with Crippen LogP contribution < -0.4 is 0 Å². The first kappa shape index (κ1) is 58.1. The van der Waals surface area contributed by atoms with Crippen LogP contribution in [-0.2, 0) is 0 Å². The molecule has 8 bridgehead atoms. The maximum absolute atomic E-state index is 2.47. The average molecular weight is 946 g/mol. The molecule has 0 saturated heterocycles. The summed E-state index contributed by atoms with van der Waals surface area (Å²) in [6.07, 6.45) is 35.1. The highest BCUT2D eigenvalue weighted by molar-refractivity contribution is 5.40. The normalized spacial score (nSPS) is 39.2. The first-order chi connectivity index (χ1) is 31.8. The Morgan fingerprint density at radius 1 is 0.217 bits per heavy atom. The Balaban J connectivity index is 0.000000151. The van der Waals surface area contributed by atoms with E-state index in [4.69, 9.17) is 0 Å². The summed E-state index contributed by atoms with van der Waals surface area (Å²) in [6.45, 7) is 51.7. The van der Waals surface area contributed by atoms with Crippen LogP contribution in [0.25, 0.3) is 0 Å². The zero-order valence-corrected chi connectivity index (χ0v) is 50.7. The van der Waals surface area contributed by atoms with Crippen molar-refractivity contribution in [2.75, 3.05) is 0 Å². The minimum atomic E-state index is 0.567. The van der Waals surface area contributed by atoms with Gasteiger partial charge in [0.1, 0.15) is 0 Å². The van der Waals surface area contributed by atoms with E-state index in [-0.39, 0.29) is 0 Å². The van der Waals surface area contributed by atoms with Crippen molar-refractivity contribution in [1.82, 2.24) is 0 Å². The Bertz CT molecular complexity index is 1990. The fourth-order valence-electron chi connectivity index (χ4n) is 16.8. The predicted octanol–water partition coefficient (Wildman–Crippen LogP) is 23.2. The third kappa shape index (κ3) is 12.8. The van der Waals surface area contributed by atoms with E-state index in [1.54, 1.807) is 78.0 Å². The van der Waals surface area contributed by atoms with Crippen molar-refractivity contribution in [3.05, 3.63) is 78.0 Å². The molecule has 69 heavy (non-hydrogen) atoms. The molecule has 0 aromatic heterocycles. The van der Waals surface area contributed by atoms with Crippen molar-refractivity contribution in [1.29, 1.82) is 0 Å². The summed E-state index contributed by atoms with van der Waals surface area (Å²) in [5.74, 6) is 0. The van der Waals surface area contributed by atoms with Crippen LogP contribution in [0.5, 0.6) is 0 Å². The van der Waals surface area contributed by atoms with Crippen molar-refractivity contribution in [3.8, 4) is 0 Å². The first-order valence-corrected chi connectivity index (χ1v) is 29.5. The fraction of sp³-hybridized carbons (Fsp3) is 0.797. The summed E-state index contributed by atoms with van der Waals surface area (Å²) in [5.41, 5.74) is 28.0. The highest BCUT2D eigenvalue weighted by Crippen LogP contribution is 2.69. The Morgan fingerprint density at radius 2 is 0.478 bits per heavy atom. The highest BCUT2D eigenvalue weighted by Gasteiger charge is 2.57. The number of hydrogen-bond donors (Lipinski definition) is 0. The van der Waals surface area contributed by atoms with Crippen LogP contribution in [-0.4, -0.2) is 0 Å². The van der Waals surface area contributed by atoms with Gasteiger partial charge in [-0.05, 0) is 288 Å². The topological polar surface area (TPSA) is 0 Å². The van der Waals surface area contributed by atoms with E-state index in [0.717, 1.165) is 0 Å². The van der Waals surface area contributed by atoms with E-state index in [0.29, 0.717) is 43.3 Å². The predicted molar refractivity (Wildman–Crippen MR) is 309 cm³/mol. The summed E-state index contributed by atoms with van der Waals surface area (Å²) in [4.78, 5) is 0. The van der Waals surface area contributed by atoms with Crippen LogP contribution in [0.15, 0.2) is 78.0 Å². The van der Waals surface area contributed by atoms with E-state index in [1.807, 2.05) is 0 Å². The standard InChI is InChI=1S/2C12H20.C11H18.C10H16.C9H16.C8H14.C7H12/c1-9-7-11(3)5-6-12(4,8-11)10(9)2;1-9-10(2)12(4)7-5-6-11(9,3)8-12;1-8-9(2)11(4)6-5-10(8,3)7-11;1-7-8(2)10(4)5-9(7,3)6-10;1-8-6-4-3-5-7-9(8)2;1-7-5-3-4-6-8(7)2;1-6-4-3-5-7(6)2/h2*5-8H2,1-4H3;5-7H2,1-4H3;5-6H2,1-4H3;3-7H2,1-2H3;3-6H2,1-2H3;3-5H2,1-2H3. The van der Waals surface area contributed by atoms with Gasteiger partial charge in [-0.1, -0.05) is 146 Å². The molecule has 0 aliphatic heterocycles. The molecule has 0 nitrogen and oxygen atoms in total. The van der Waals surface area contributed by atoms with Crippen LogP contribution in [0.1, 0.15) is 313 Å². The van der Waals surface area contributed by atoms with Crippen molar-refractivity contribution < 1.29 is 0 Å². The van der Waals surface area contributed by atoms with E-state index >= 15 is 0 Å². The lowest BCUT2D eigenvalue weighted by atomic mass is 9.59. The minimum absolute atomic E-state index is 0.567. The summed E-state index contributed by atoms with van der Waals surface area (Å²) in [7, 11) is 0. The highest BCUT2D eigenvalue weighted by atomic mass is 14.6. The molecule has 0 amide bonds. The van der Waals surface area contributed by atoms with Crippen molar-refractivity contribution >= 4 is 0 Å². The largest absolute Gasteiger partial charge is 0.0744 e. The Morgan fingerprint density at radius 3 is 0.783 bits per heavy atom. The van der Waals surface area contributed by atoms with Gasteiger partial charge in [-0.2, -0.15) is 0 Å². The SMILES string of the molecule is CC1=C(C)C2(C)CC1(C)C2.CC1=C(C)C2(C)CCC(C)(C1)C2.CC1=C(C)C2(C)CCC1(C)C2.CC1=C(C)C2(C)CCCC1(C)C2.CC1=C(C)CCC1.CC1=C(C)CCCC1.CC1=C(C)CCCCC1. The van der Waals surface area contributed by atoms with E-state index in [2.05, 4.69) is 152 Å². The molecule has 392 valence electrons. The van der Waals surface area contributed by atoms with Gasteiger partial charge in [-0.3, -0.25) is 0 Å². The van der Waals surface area contributed by atoms with E-state index in [9.17, 15) is 0 Å². The first-order valence-electron chi connectivity index (χ1n) is 29.5. The number of allylic oxidation sites excluding steroid dienone is 14. The number of hydrogen-bond acceptors (Lipinski definition) is 0. The van der Waals surface area contributed by atoms with Crippen molar-refractivity contribution in [3.63, 3.8) is 0 Å². The van der Waals surface area contributed by atoms with Crippen LogP contribution in [0.3, 0.4) is 0 Å². The molecule has 12 aliphatic rings. The Hall–Kier alpha value is -1.82. The van der Waals surface area contributed by atoms with Gasteiger partial charge in [0.05, 0.1) is 0 Å². The maximum Gasteiger partial charge on any atom is -0.00999 e. The molecular weight excluding hydrogens is 829 g/mol. The molecule has 4 fully saturated rings. The van der Waals surface area contributed by atoms with Crippen LogP contribution in [0.2, 0.25) is 0 Å². The molecular formula is C69H116. The molecule has 12 rings (SSSR count). The van der Waals surface area contributed by atoms with Gasteiger partial charge in [0.25, 0.3) is 0 Å². The summed E-state index contributed by atoms with van der Waals surface area (Å²) in [6, 6.07) is 0. The molecule has 12 aliphatic carbocycles. The Kier molecular flexibility index (Phi) is 18.5. The fourth-order valence-corrected chi connectivity index (χ4v) is 16.8. The Labute approximate surface area is 432 Å². The molecule has 4 saturated carbocycles. The van der Waals surface area contributed by atoms with Gasteiger partial charge in [-0.25, -0.2) is 0 Å². The van der Waals surface area contributed by atoms with Gasteiger partial charge >= 0.3 is 0 Å². The minimum Gasteiger partial charge on any atom is -0.0744 e. The van der Waals surface area contributed by atoms with E-state index in [1.165, 1.54) is 161 Å². The van der Waals surface area contributed by atoms with Crippen LogP contribution >= 0.6 is 0 Å². The van der Waals surface area contributed by atoms with Gasteiger partial charge < -0.3 is 0 Å². The molecule has 0 aromatic carbocycles. The second kappa shape index (κ2) is 21.9. The number of rotatable bonds is 0. The van der Waals surface area contributed by atoms with E-state index < -0.39 is 0 Å². The van der Waals surface area contributed by atoms with Crippen molar-refractivity contribution in [2.45, 2.75) is 313 Å². The molecule has 0 spiro atoms. The van der Waals surface area contributed by atoms with Gasteiger partial charge in [0, 0.05) is 0 Å². The maximum atomic E-state index is 2.47. The number of fused-ring (bicyclic) bond motifs is 6. The summed E-state index contributed by atoms with van der Waals surface area (Å²) >= 11 is 0. The lowest BCUT2D eigenvalue weighted by Gasteiger charge is -2.45. The lowest BCUT2D eigenvalue weighted by molar-refractivity contribution is 0.0925. The average Bonchev–Trinajstić information content (AvgIpc) is 4.01. The van der Waals surface area contributed by atoms with Crippen LogP contribution in [0.4, 0.5) is 0 Å². The molecule has 6 atom stereocenters. The summed E-state index contributed by atoms with van der Waals surface area (Å²) in [5, 5.41) is 0. The molecule has 0 aromatic rings. The van der Waals surface area contributed by atoms with Gasteiger partial charge in [-0.15, -0.1) is 0 Å². The second-order valence-electron chi connectivity index (χ2n) is 29.1. The molecule has 0 heteroatoms.